The van der Waals surface area contributed by atoms with Gasteiger partial charge in [-0.15, -0.1) is 0 Å². The van der Waals surface area contributed by atoms with E-state index in [1.165, 1.54) is 0 Å². The molecule has 27 heavy (non-hydrogen) atoms. The van der Waals surface area contributed by atoms with Crippen molar-refractivity contribution in [2.45, 2.75) is 11.8 Å². The molecule has 1 aliphatic rings. The van der Waals surface area contributed by atoms with Gasteiger partial charge in [-0.3, -0.25) is 4.98 Å². The fourth-order valence-corrected chi connectivity index (χ4v) is 5.19. The zero-order valence-electron chi connectivity index (χ0n) is 15.0. The van der Waals surface area contributed by atoms with Gasteiger partial charge in [0, 0.05) is 48.0 Å². The maximum atomic E-state index is 13.3. The molecular formula is C20H20ClN3O2S. The Labute approximate surface area is 164 Å². The molecule has 0 unspecified atom stereocenters. The molecule has 4 rings (SSSR count). The Kier molecular flexibility index (Phi) is 4.80. The summed E-state index contributed by atoms with van der Waals surface area (Å²) in [5.74, 6) is 0. The molecule has 7 heteroatoms. The number of aryl methyl sites for hydroxylation is 1. The number of rotatable bonds is 3. The number of benzene rings is 2. The molecule has 0 amide bonds. The minimum atomic E-state index is -3.60. The number of fused-ring (bicyclic) bond motifs is 1. The zero-order chi connectivity index (χ0) is 19.0. The normalized spacial score (nSPS) is 16.0. The number of para-hydroxylation sites is 1. The highest BCUT2D eigenvalue weighted by molar-refractivity contribution is 7.89. The average molecular weight is 402 g/mol. The van der Waals surface area contributed by atoms with Crippen LogP contribution in [0.25, 0.3) is 10.9 Å². The van der Waals surface area contributed by atoms with Gasteiger partial charge in [-0.1, -0.05) is 35.9 Å². The fourth-order valence-electron chi connectivity index (χ4n) is 3.42. The topological polar surface area (TPSA) is 53.5 Å². The molecule has 0 radical (unpaired) electrons. The van der Waals surface area contributed by atoms with E-state index in [4.69, 9.17) is 11.6 Å². The van der Waals surface area contributed by atoms with Gasteiger partial charge in [0.1, 0.15) is 4.90 Å². The van der Waals surface area contributed by atoms with Gasteiger partial charge < -0.3 is 4.90 Å². The van der Waals surface area contributed by atoms with Crippen LogP contribution in [-0.2, 0) is 10.0 Å². The smallest absolute Gasteiger partial charge is 0.245 e. The summed E-state index contributed by atoms with van der Waals surface area (Å²) in [5, 5.41) is 1.51. The van der Waals surface area contributed by atoms with Crippen LogP contribution in [0.4, 0.5) is 5.69 Å². The van der Waals surface area contributed by atoms with Crippen molar-refractivity contribution in [2.24, 2.45) is 0 Å². The summed E-state index contributed by atoms with van der Waals surface area (Å²) >= 11 is 6.07. The minimum Gasteiger partial charge on any atom is -0.369 e. The first-order chi connectivity index (χ1) is 12.9. The SMILES string of the molecule is Cc1ccc2cccc(S(=O)(=O)N3CCN(c4cccc(Cl)c4)CC3)c2n1. The van der Waals surface area contributed by atoms with Crippen LogP contribution in [-0.4, -0.2) is 43.9 Å². The number of aromatic nitrogens is 1. The number of nitrogens with zero attached hydrogens (tertiary/aromatic N) is 3. The summed E-state index contributed by atoms with van der Waals surface area (Å²) in [6.07, 6.45) is 0. The summed E-state index contributed by atoms with van der Waals surface area (Å²) in [4.78, 5) is 6.91. The third-order valence-electron chi connectivity index (χ3n) is 4.85. The van der Waals surface area contributed by atoms with E-state index in [1.54, 1.807) is 16.4 Å². The van der Waals surface area contributed by atoms with E-state index in [0.717, 1.165) is 16.8 Å². The van der Waals surface area contributed by atoms with E-state index in [2.05, 4.69) is 9.88 Å². The Bertz CT molecular complexity index is 1090. The molecule has 0 saturated carbocycles. The summed E-state index contributed by atoms with van der Waals surface area (Å²) < 4.78 is 28.1. The summed E-state index contributed by atoms with van der Waals surface area (Å²) in [7, 11) is -3.60. The number of anilines is 1. The lowest BCUT2D eigenvalue weighted by Gasteiger charge is -2.35. The van der Waals surface area contributed by atoms with Gasteiger partial charge in [0.25, 0.3) is 0 Å². The number of sulfonamides is 1. The molecule has 2 aromatic carbocycles. The molecule has 5 nitrogen and oxygen atoms in total. The molecule has 3 aromatic rings. The standard InChI is InChI=1S/C20H20ClN3O2S/c1-15-8-9-16-4-2-7-19(20(16)22-15)27(25,26)24-12-10-23(11-13-24)18-6-3-5-17(21)14-18/h2-9,14H,10-13H2,1H3. The molecule has 1 aromatic heterocycles. The predicted octanol–water partition coefficient (Wildman–Crippen LogP) is 3.71. The first kappa shape index (κ1) is 18.2. The Morgan fingerprint density at radius 3 is 2.44 bits per heavy atom. The monoisotopic (exact) mass is 401 g/mol. The van der Waals surface area contributed by atoms with Crippen molar-refractivity contribution in [2.75, 3.05) is 31.1 Å². The third kappa shape index (κ3) is 3.52. The Balaban J connectivity index is 1.60. The minimum absolute atomic E-state index is 0.278. The van der Waals surface area contributed by atoms with Gasteiger partial charge in [-0.2, -0.15) is 4.31 Å². The molecule has 0 aliphatic carbocycles. The average Bonchev–Trinajstić information content (AvgIpc) is 2.67. The Hall–Kier alpha value is -2.15. The maximum Gasteiger partial charge on any atom is 0.245 e. The number of hydrogen-bond donors (Lipinski definition) is 0. The van der Waals surface area contributed by atoms with E-state index in [1.807, 2.05) is 49.4 Å². The summed E-state index contributed by atoms with van der Waals surface area (Å²) in [6, 6.07) is 16.7. The van der Waals surface area contributed by atoms with Crippen molar-refractivity contribution in [1.82, 2.24) is 9.29 Å². The highest BCUT2D eigenvalue weighted by Crippen LogP contribution is 2.27. The second-order valence-electron chi connectivity index (χ2n) is 6.65. The largest absolute Gasteiger partial charge is 0.369 e. The summed E-state index contributed by atoms with van der Waals surface area (Å²) in [5.41, 5.74) is 2.35. The van der Waals surface area contributed by atoms with Gasteiger partial charge in [0.05, 0.1) is 5.52 Å². The molecule has 1 fully saturated rings. The van der Waals surface area contributed by atoms with Crippen molar-refractivity contribution in [1.29, 1.82) is 0 Å². The second-order valence-corrected chi connectivity index (χ2v) is 8.99. The molecule has 0 N–H and O–H groups in total. The van der Waals surface area contributed by atoms with Gasteiger partial charge in [-0.05, 0) is 37.3 Å². The highest BCUT2D eigenvalue weighted by atomic mass is 35.5. The van der Waals surface area contributed by atoms with Gasteiger partial charge in [0.15, 0.2) is 0 Å². The van der Waals surface area contributed by atoms with Crippen LogP contribution in [0.2, 0.25) is 5.02 Å². The van der Waals surface area contributed by atoms with Crippen LogP contribution in [0.3, 0.4) is 0 Å². The number of hydrogen-bond acceptors (Lipinski definition) is 4. The van der Waals surface area contributed by atoms with Crippen molar-refractivity contribution < 1.29 is 8.42 Å². The molecule has 1 saturated heterocycles. The molecule has 1 aliphatic heterocycles. The first-order valence-electron chi connectivity index (χ1n) is 8.82. The molecule has 0 spiro atoms. The maximum absolute atomic E-state index is 13.3. The van der Waals surface area contributed by atoms with E-state index >= 15 is 0 Å². The number of pyridine rings is 1. The van der Waals surface area contributed by atoms with E-state index in [-0.39, 0.29) is 4.90 Å². The molecule has 0 atom stereocenters. The molecule has 140 valence electrons. The molecule has 0 bridgehead atoms. The Morgan fingerprint density at radius 1 is 0.963 bits per heavy atom. The van der Waals surface area contributed by atoms with Crippen LogP contribution in [0, 0.1) is 6.92 Å². The summed E-state index contributed by atoms with van der Waals surface area (Å²) in [6.45, 7) is 3.97. The Morgan fingerprint density at radius 2 is 1.70 bits per heavy atom. The second kappa shape index (κ2) is 7.11. The lowest BCUT2D eigenvalue weighted by molar-refractivity contribution is 0.385. The zero-order valence-corrected chi connectivity index (χ0v) is 16.5. The van der Waals surface area contributed by atoms with Crippen molar-refractivity contribution in [3.63, 3.8) is 0 Å². The first-order valence-corrected chi connectivity index (χ1v) is 10.6. The van der Waals surface area contributed by atoms with Crippen LogP contribution in [0.15, 0.2) is 59.5 Å². The predicted molar refractivity (Wildman–Crippen MR) is 109 cm³/mol. The number of halogens is 1. The lowest BCUT2D eigenvalue weighted by Crippen LogP contribution is -2.48. The van der Waals surface area contributed by atoms with Gasteiger partial charge in [-0.25, -0.2) is 8.42 Å². The van der Waals surface area contributed by atoms with Gasteiger partial charge in [0.2, 0.25) is 10.0 Å². The molecular weight excluding hydrogens is 382 g/mol. The lowest BCUT2D eigenvalue weighted by atomic mass is 10.2. The third-order valence-corrected chi connectivity index (χ3v) is 7.02. The van der Waals surface area contributed by atoms with E-state index < -0.39 is 10.0 Å². The quantitative estimate of drug-likeness (QED) is 0.671. The molecule has 2 heterocycles. The van der Waals surface area contributed by atoms with Crippen LogP contribution in [0.5, 0.6) is 0 Å². The van der Waals surface area contributed by atoms with Crippen molar-refractivity contribution in [3.05, 3.63) is 65.3 Å². The fraction of sp³-hybridized carbons (Fsp3) is 0.250. The number of piperazine rings is 1. The van der Waals surface area contributed by atoms with Crippen molar-refractivity contribution in [3.8, 4) is 0 Å². The van der Waals surface area contributed by atoms with Crippen LogP contribution in [0.1, 0.15) is 5.69 Å². The van der Waals surface area contributed by atoms with Gasteiger partial charge >= 0.3 is 0 Å². The van der Waals surface area contributed by atoms with E-state index in [9.17, 15) is 8.42 Å². The van der Waals surface area contributed by atoms with E-state index in [0.29, 0.717) is 36.7 Å². The highest BCUT2D eigenvalue weighted by Gasteiger charge is 2.30. The van der Waals surface area contributed by atoms with Crippen LogP contribution >= 0.6 is 11.6 Å². The van der Waals surface area contributed by atoms with Crippen LogP contribution < -0.4 is 4.90 Å². The van der Waals surface area contributed by atoms with Crippen molar-refractivity contribution >= 4 is 38.2 Å².